The summed E-state index contributed by atoms with van der Waals surface area (Å²) >= 11 is 12.0. The Labute approximate surface area is 163 Å². The maximum Gasteiger partial charge on any atom is 0.267 e. The molecule has 0 aromatic heterocycles. The van der Waals surface area contributed by atoms with Crippen molar-refractivity contribution in [2.75, 3.05) is 10.6 Å². The molecule has 0 heterocycles. The van der Waals surface area contributed by atoms with Gasteiger partial charge in [-0.1, -0.05) is 55.2 Å². The van der Waals surface area contributed by atoms with Gasteiger partial charge in [0.15, 0.2) is 0 Å². The number of amides is 1. The minimum Gasteiger partial charge on any atom is -0.359 e. The normalized spacial score (nSPS) is 11.0. The van der Waals surface area contributed by atoms with Gasteiger partial charge in [0, 0.05) is 16.9 Å². The molecule has 0 saturated heterocycles. The number of hydrogen-bond donors (Lipinski definition) is 2. The largest absolute Gasteiger partial charge is 0.359 e. The van der Waals surface area contributed by atoms with Crippen molar-refractivity contribution in [3.63, 3.8) is 0 Å². The molecule has 0 radical (unpaired) electrons. The maximum absolute atomic E-state index is 12.6. The zero-order valence-corrected chi connectivity index (χ0v) is 16.1. The van der Waals surface area contributed by atoms with Crippen LogP contribution in [0.2, 0.25) is 10.0 Å². The first kappa shape index (κ1) is 19.8. The van der Waals surface area contributed by atoms with E-state index in [1.165, 1.54) is 6.20 Å². The average Bonchev–Trinajstić information content (AvgIpc) is 2.65. The van der Waals surface area contributed by atoms with Gasteiger partial charge in [-0.3, -0.25) is 4.79 Å². The van der Waals surface area contributed by atoms with Crippen molar-refractivity contribution in [2.45, 2.75) is 26.7 Å². The Morgan fingerprint density at radius 1 is 1.15 bits per heavy atom. The van der Waals surface area contributed by atoms with Crippen LogP contribution >= 0.6 is 23.2 Å². The number of halogens is 2. The van der Waals surface area contributed by atoms with Crippen molar-refractivity contribution in [2.24, 2.45) is 0 Å². The van der Waals surface area contributed by atoms with E-state index in [9.17, 15) is 10.1 Å². The third-order valence-electron chi connectivity index (χ3n) is 3.90. The highest BCUT2D eigenvalue weighted by molar-refractivity contribution is 6.35. The zero-order valence-electron chi connectivity index (χ0n) is 14.6. The predicted molar refractivity (Wildman–Crippen MR) is 108 cm³/mol. The molecule has 4 nitrogen and oxygen atoms in total. The molecule has 0 aliphatic rings. The molecule has 0 saturated carbocycles. The first-order chi connectivity index (χ1) is 12.5. The van der Waals surface area contributed by atoms with E-state index in [-0.39, 0.29) is 5.57 Å². The number of nitrogens with one attached hydrogen (secondary N) is 2. The van der Waals surface area contributed by atoms with Crippen LogP contribution in [0.5, 0.6) is 0 Å². The van der Waals surface area contributed by atoms with Crippen LogP contribution < -0.4 is 10.6 Å². The third kappa shape index (κ3) is 4.78. The van der Waals surface area contributed by atoms with Gasteiger partial charge in [-0.05, 0) is 42.2 Å². The first-order valence-corrected chi connectivity index (χ1v) is 8.99. The highest BCUT2D eigenvalue weighted by atomic mass is 35.5. The number of benzene rings is 2. The molecule has 0 aliphatic heterocycles. The monoisotopic (exact) mass is 387 g/mol. The Morgan fingerprint density at radius 3 is 2.38 bits per heavy atom. The summed E-state index contributed by atoms with van der Waals surface area (Å²) in [5.74, 6) is -0.478. The first-order valence-electron chi connectivity index (χ1n) is 8.24. The van der Waals surface area contributed by atoms with E-state index in [0.29, 0.717) is 15.7 Å². The quantitative estimate of drug-likeness (QED) is 0.502. The number of hydrogen-bond acceptors (Lipinski definition) is 3. The fraction of sp³-hybridized carbons (Fsp3) is 0.200. The molecule has 2 aromatic rings. The number of aryl methyl sites for hydroxylation is 2. The average molecular weight is 388 g/mol. The summed E-state index contributed by atoms with van der Waals surface area (Å²) in [5, 5.41) is 16.0. The third-order valence-corrected chi connectivity index (χ3v) is 4.47. The van der Waals surface area contributed by atoms with Crippen molar-refractivity contribution < 1.29 is 4.79 Å². The van der Waals surface area contributed by atoms with Gasteiger partial charge in [0.1, 0.15) is 11.6 Å². The number of para-hydroxylation sites is 1. The standard InChI is InChI=1S/C20H19Cl2N3O/c1-3-13-6-5-7-14(4-2)19(13)25-20(26)15(11-23)12-24-18-10-16(21)8-9-17(18)22/h5-10,12,24H,3-4H2,1-2H3,(H,25,26)/b15-12-. The van der Waals surface area contributed by atoms with Gasteiger partial charge >= 0.3 is 0 Å². The van der Waals surface area contributed by atoms with Crippen molar-refractivity contribution in [1.82, 2.24) is 0 Å². The Hall–Kier alpha value is -2.48. The topological polar surface area (TPSA) is 64.9 Å². The van der Waals surface area contributed by atoms with Crippen LogP contribution in [0, 0.1) is 11.3 Å². The minimum atomic E-state index is -0.478. The van der Waals surface area contributed by atoms with Crippen molar-refractivity contribution in [3.8, 4) is 6.07 Å². The molecular formula is C20H19Cl2N3O. The van der Waals surface area contributed by atoms with Gasteiger partial charge in [-0.25, -0.2) is 0 Å². The van der Waals surface area contributed by atoms with E-state index in [1.807, 2.05) is 38.1 Å². The minimum absolute atomic E-state index is 0.0611. The van der Waals surface area contributed by atoms with Gasteiger partial charge in [0.2, 0.25) is 0 Å². The molecule has 6 heteroatoms. The number of rotatable bonds is 6. The van der Waals surface area contributed by atoms with Crippen molar-refractivity contribution >= 4 is 40.5 Å². The van der Waals surface area contributed by atoms with E-state index in [2.05, 4.69) is 10.6 Å². The van der Waals surface area contributed by atoms with E-state index < -0.39 is 5.91 Å². The van der Waals surface area contributed by atoms with Crippen LogP contribution in [0.4, 0.5) is 11.4 Å². The van der Waals surface area contributed by atoms with Gasteiger partial charge in [-0.2, -0.15) is 5.26 Å². The lowest BCUT2D eigenvalue weighted by Crippen LogP contribution is -2.17. The van der Waals surface area contributed by atoms with E-state index in [4.69, 9.17) is 23.2 Å². The number of nitrogens with zero attached hydrogens (tertiary/aromatic N) is 1. The smallest absolute Gasteiger partial charge is 0.267 e. The van der Waals surface area contributed by atoms with Crippen molar-refractivity contribution in [3.05, 3.63) is 69.3 Å². The highest BCUT2D eigenvalue weighted by Crippen LogP contribution is 2.26. The zero-order chi connectivity index (χ0) is 19.1. The fourth-order valence-electron chi connectivity index (χ4n) is 2.49. The summed E-state index contributed by atoms with van der Waals surface area (Å²) in [7, 11) is 0. The highest BCUT2D eigenvalue weighted by Gasteiger charge is 2.14. The second-order valence-electron chi connectivity index (χ2n) is 5.55. The Kier molecular flexibility index (Phi) is 7.08. The molecule has 0 aliphatic carbocycles. The van der Waals surface area contributed by atoms with E-state index in [0.717, 1.165) is 29.7 Å². The second kappa shape index (κ2) is 9.28. The summed E-state index contributed by atoms with van der Waals surface area (Å²) in [4.78, 5) is 12.6. The molecule has 134 valence electrons. The summed E-state index contributed by atoms with van der Waals surface area (Å²) in [6, 6.07) is 12.7. The molecule has 0 fully saturated rings. The van der Waals surface area contributed by atoms with Crippen LogP contribution in [-0.2, 0) is 17.6 Å². The Balaban J connectivity index is 2.25. The lowest BCUT2D eigenvalue weighted by Gasteiger charge is -2.14. The summed E-state index contributed by atoms with van der Waals surface area (Å²) in [6.07, 6.45) is 2.89. The molecule has 1 amide bonds. The summed E-state index contributed by atoms with van der Waals surface area (Å²) in [6.45, 7) is 4.04. The van der Waals surface area contributed by atoms with Gasteiger partial charge < -0.3 is 10.6 Å². The fourth-order valence-corrected chi connectivity index (χ4v) is 2.83. The van der Waals surface area contributed by atoms with Crippen LogP contribution in [0.15, 0.2) is 48.2 Å². The lowest BCUT2D eigenvalue weighted by molar-refractivity contribution is -0.112. The summed E-state index contributed by atoms with van der Waals surface area (Å²) in [5.41, 5.74) is 3.28. The molecule has 2 aromatic carbocycles. The summed E-state index contributed by atoms with van der Waals surface area (Å²) < 4.78 is 0. The molecule has 0 bridgehead atoms. The molecule has 26 heavy (non-hydrogen) atoms. The molecule has 0 spiro atoms. The van der Waals surface area contributed by atoms with Crippen LogP contribution in [0.1, 0.15) is 25.0 Å². The van der Waals surface area contributed by atoms with E-state index >= 15 is 0 Å². The Bertz CT molecular complexity index is 863. The number of nitriles is 1. The number of carbonyl (C=O) groups is 1. The van der Waals surface area contributed by atoms with Gasteiger partial charge in [0.25, 0.3) is 5.91 Å². The second-order valence-corrected chi connectivity index (χ2v) is 6.39. The molecule has 0 unspecified atom stereocenters. The number of carbonyl (C=O) groups excluding carboxylic acids is 1. The SMILES string of the molecule is CCc1cccc(CC)c1NC(=O)/C(C#N)=C\Nc1cc(Cl)ccc1Cl. The van der Waals surface area contributed by atoms with Crippen LogP contribution in [0.3, 0.4) is 0 Å². The predicted octanol–water partition coefficient (Wildman–Crippen LogP) is 5.58. The van der Waals surface area contributed by atoms with E-state index in [1.54, 1.807) is 18.2 Å². The lowest BCUT2D eigenvalue weighted by atomic mass is 10.0. The van der Waals surface area contributed by atoms with Crippen LogP contribution in [-0.4, -0.2) is 5.91 Å². The van der Waals surface area contributed by atoms with Crippen molar-refractivity contribution in [1.29, 1.82) is 5.26 Å². The molecular weight excluding hydrogens is 369 g/mol. The van der Waals surface area contributed by atoms with Gasteiger partial charge in [0.05, 0.1) is 10.7 Å². The van der Waals surface area contributed by atoms with Crippen LogP contribution in [0.25, 0.3) is 0 Å². The number of anilines is 2. The molecule has 2 rings (SSSR count). The maximum atomic E-state index is 12.6. The molecule has 0 atom stereocenters. The Morgan fingerprint density at radius 2 is 1.81 bits per heavy atom. The van der Waals surface area contributed by atoms with Gasteiger partial charge in [-0.15, -0.1) is 0 Å². The molecule has 2 N–H and O–H groups in total.